The first-order valence-corrected chi connectivity index (χ1v) is 6.03. The zero-order chi connectivity index (χ0) is 12.5. The minimum absolute atomic E-state index is 0.175. The highest BCUT2D eigenvalue weighted by Crippen LogP contribution is 2.30. The lowest BCUT2D eigenvalue weighted by molar-refractivity contribution is 0.328. The number of nitrogens with two attached hydrogens (primary N) is 1. The third-order valence-electron chi connectivity index (χ3n) is 2.91. The summed E-state index contributed by atoms with van der Waals surface area (Å²) in [5, 5.41) is 0. The molecule has 2 N–H and O–H groups in total. The fourth-order valence-electron chi connectivity index (χ4n) is 1.38. The van der Waals surface area contributed by atoms with Gasteiger partial charge in [-0.05, 0) is 28.3 Å². The number of nitrogens with zero attached hydrogens (tertiary/aromatic N) is 3. The smallest absolute Gasteiger partial charge is 0.222 e. The Morgan fingerprint density at radius 1 is 1.44 bits per heavy atom. The number of hydrogen-bond acceptors (Lipinski definition) is 4. The second kappa shape index (κ2) is 4.57. The summed E-state index contributed by atoms with van der Waals surface area (Å²) in [6, 6.07) is 0.345. The monoisotopic (exact) mass is 286 g/mol. The van der Waals surface area contributed by atoms with Gasteiger partial charge in [0.15, 0.2) is 0 Å². The highest BCUT2D eigenvalue weighted by Gasteiger charge is 2.26. The SMILES string of the molecule is CC(N(C)c1nc(N)ncc1Br)C(C)(C)C. The predicted octanol–water partition coefficient (Wildman–Crippen LogP) is 2.69. The first-order valence-electron chi connectivity index (χ1n) is 5.24. The Bertz CT molecular complexity index is 373. The van der Waals surface area contributed by atoms with Gasteiger partial charge in [0.2, 0.25) is 5.95 Å². The van der Waals surface area contributed by atoms with Gasteiger partial charge in [-0.1, -0.05) is 20.8 Å². The van der Waals surface area contributed by atoms with Gasteiger partial charge in [0.25, 0.3) is 0 Å². The van der Waals surface area contributed by atoms with E-state index in [1.807, 2.05) is 7.05 Å². The lowest BCUT2D eigenvalue weighted by atomic mass is 9.87. The van der Waals surface area contributed by atoms with Crippen LogP contribution in [0.25, 0.3) is 0 Å². The molecule has 0 aliphatic heterocycles. The van der Waals surface area contributed by atoms with Crippen molar-refractivity contribution in [3.05, 3.63) is 10.7 Å². The van der Waals surface area contributed by atoms with Crippen molar-refractivity contribution in [1.82, 2.24) is 9.97 Å². The van der Waals surface area contributed by atoms with E-state index in [0.717, 1.165) is 10.3 Å². The zero-order valence-corrected chi connectivity index (χ0v) is 12.0. The van der Waals surface area contributed by atoms with E-state index in [9.17, 15) is 0 Å². The van der Waals surface area contributed by atoms with Gasteiger partial charge < -0.3 is 10.6 Å². The summed E-state index contributed by atoms with van der Waals surface area (Å²) in [6.07, 6.45) is 1.68. The number of anilines is 2. The van der Waals surface area contributed by atoms with E-state index in [1.54, 1.807) is 6.20 Å². The molecule has 0 fully saturated rings. The molecule has 1 heterocycles. The quantitative estimate of drug-likeness (QED) is 0.908. The molecule has 1 aromatic heterocycles. The van der Waals surface area contributed by atoms with Gasteiger partial charge in [-0.3, -0.25) is 0 Å². The molecule has 1 atom stereocenters. The van der Waals surface area contributed by atoms with Gasteiger partial charge in [-0.2, -0.15) is 4.98 Å². The van der Waals surface area contributed by atoms with Gasteiger partial charge in [0.05, 0.1) is 4.47 Å². The van der Waals surface area contributed by atoms with Crippen LogP contribution in [0.4, 0.5) is 11.8 Å². The molecule has 0 saturated carbocycles. The molecule has 0 saturated heterocycles. The zero-order valence-electron chi connectivity index (χ0n) is 10.5. The van der Waals surface area contributed by atoms with Crippen molar-refractivity contribution in [2.24, 2.45) is 5.41 Å². The summed E-state index contributed by atoms with van der Waals surface area (Å²) in [5.74, 6) is 1.13. The summed E-state index contributed by atoms with van der Waals surface area (Å²) in [5.41, 5.74) is 5.78. The van der Waals surface area contributed by atoms with Crippen molar-refractivity contribution in [2.45, 2.75) is 33.7 Å². The summed E-state index contributed by atoms with van der Waals surface area (Å²) in [7, 11) is 2.02. The minimum Gasteiger partial charge on any atom is -0.368 e. The van der Waals surface area contributed by atoms with Crippen molar-refractivity contribution in [3.8, 4) is 0 Å². The molecule has 0 aromatic carbocycles. The van der Waals surface area contributed by atoms with Crippen LogP contribution in [0.1, 0.15) is 27.7 Å². The number of aromatic nitrogens is 2. The molecule has 0 aliphatic carbocycles. The Kier molecular flexibility index (Phi) is 3.78. The first kappa shape index (κ1) is 13.2. The van der Waals surface area contributed by atoms with Crippen LogP contribution in [0.3, 0.4) is 0 Å². The van der Waals surface area contributed by atoms with Gasteiger partial charge in [0, 0.05) is 19.3 Å². The van der Waals surface area contributed by atoms with Gasteiger partial charge in [-0.25, -0.2) is 4.98 Å². The van der Waals surface area contributed by atoms with Crippen molar-refractivity contribution >= 4 is 27.7 Å². The molecule has 0 aliphatic rings. The average Bonchev–Trinajstić information content (AvgIpc) is 2.18. The highest BCUT2D eigenvalue weighted by atomic mass is 79.9. The standard InChI is InChI=1S/C11H19BrN4/c1-7(11(2,3)4)16(5)9-8(12)6-14-10(13)15-9/h6-7H,1-5H3,(H2,13,14,15). The Labute approximate surface area is 105 Å². The molecule has 90 valence electrons. The first-order chi connectivity index (χ1) is 7.23. The molecule has 1 unspecified atom stereocenters. The Morgan fingerprint density at radius 2 is 2.00 bits per heavy atom. The summed E-state index contributed by atoms with van der Waals surface area (Å²) >= 11 is 3.44. The Balaban J connectivity index is 3.05. The third kappa shape index (κ3) is 2.84. The summed E-state index contributed by atoms with van der Waals surface area (Å²) in [6.45, 7) is 8.77. The van der Waals surface area contributed by atoms with E-state index < -0.39 is 0 Å². The van der Waals surface area contributed by atoms with E-state index in [4.69, 9.17) is 5.73 Å². The van der Waals surface area contributed by atoms with E-state index in [-0.39, 0.29) is 5.41 Å². The second-order valence-electron chi connectivity index (χ2n) is 5.05. The number of nitrogen functional groups attached to an aromatic ring is 1. The normalized spacial score (nSPS) is 13.6. The van der Waals surface area contributed by atoms with Crippen LogP contribution < -0.4 is 10.6 Å². The Morgan fingerprint density at radius 3 is 2.50 bits per heavy atom. The fraction of sp³-hybridized carbons (Fsp3) is 0.636. The van der Waals surface area contributed by atoms with Crippen LogP contribution in [0.15, 0.2) is 10.7 Å². The number of hydrogen-bond donors (Lipinski definition) is 1. The van der Waals surface area contributed by atoms with Crippen molar-refractivity contribution in [3.63, 3.8) is 0 Å². The molecular weight excluding hydrogens is 268 g/mol. The molecule has 0 radical (unpaired) electrons. The van der Waals surface area contributed by atoms with Crippen molar-refractivity contribution in [1.29, 1.82) is 0 Å². The van der Waals surface area contributed by atoms with Crippen molar-refractivity contribution < 1.29 is 0 Å². The van der Waals surface area contributed by atoms with Gasteiger partial charge in [-0.15, -0.1) is 0 Å². The summed E-state index contributed by atoms with van der Waals surface area (Å²) < 4.78 is 0.861. The van der Waals surface area contributed by atoms with E-state index in [1.165, 1.54) is 0 Å². The molecule has 0 bridgehead atoms. The summed E-state index contributed by atoms with van der Waals surface area (Å²) in [4.78, 5) is 10.3. The van der Waals surface area contributed by atoms with Gasteiger partial charge >= 0.3 is 0 Å². The molecule has 1 rings (SSSR count). The minimum atomic E-state index is 0.175. The van der Waals surface area contributed by atoms with Crippen LogP contribution in [0, 0.1) is 5.41 Å². The third-order valence-corrected chi connectivity index (χ3v) is 3.47. The maximum atomic E-state index is 5.60. The van der Waals surface area contributed by atoms with E-state index in [0.29, 0.717) is 12.0 Å². The Hall–Kier alpha value is -0.840. The maximum absolute atomic E-state index is 5.60. The number of rotatable bonds is 2. The van der Waals surface area contributed by atoms with Gasteiger partial charge in [0.1, 0.15) is 5.82 Å². The topological polar surface area (TPSA) is 55.0 Å². The molecule has 0 spiro atoms. The predicted molar refractivity (Wildman–Crippen MR) is 71.5 cm³/mol. The second-order valence-corrected chi connectivity index (χ2v) is 5.91. The van der Waals surface area contributed by atoms with Crippen LogP contribution in [-0.2, 0) is 0 Å². The van der Waals surface area contributed by atoms with Crippen molar-refractivity contribution in [2.75, 3.05) is 17.7 Å². The molecule has 4 nitrogen and oxygen atoms in total. The van der Waals surface area contributed by atoms with Crippen LogP contribution in [-0.4, -0.2) is 23.1 Å². The fourth-order valence-corrected chi connectivity index (χ4v) is 1.85. The van der Waals surface area contributed by atoms with E-state index in [2.05, 4.69) is 58.5 Å². The lowest BCUT2D eigenvalue weighted by Crippen LogP contribution is -2.40. The molecule has 16 heavy (non-hydrogen) atoms. The van der Waals surface area contributed by atoms with Crippen LogP contribution >= 0.6 is 15.9 Å². The van der Waals surface area contributed by atoms with Crippen LogP contribution in [0.2, 0.25) is 0 Å². The average molecular weight is 287 g/mol. The largest absolute Gasteiger partial charge is 0.368 e. The maximum Gasteiger partial charge on any atom is 0.222 e. The highest BCUT2D eigenvalue weighted by molar-refractivity contribution is 9.10. The lowest BCUT2D eigenvalue weighted by Gasteiger charge is -2.36. The molecule has 1 aromatic rings. The molecular formula is C11H19BrN4. The van der Waals surface area contributed by atoms with E-state index >= 15 is 0 Å². The number of halogens is 1. The van der Waals surface area contributed by atoms with Crippen LogP contribution in [0.5, 0.6) is 0 Å². The molecule has 5 heteroatoms. The molecule has 0 amide bonds.